The summed E-state index contributed by atoms with van der Waals surface area (Å²) >= 11 is 0. The Morgan fingerprint density at radius 2 is 2.15 bits per heavy atom. The van der Waals surface area contributed by atoms with Crippen LogP contribution in [0.2, 0.25) is 0 Å². The Morgan fingerprint density at radius 3 is 3.04 bits per heavy atom. The molecule has 0 unspecified atom stereocenters. The highest BCUT2D eigenvalue weighted by Gasteiger charge is 2.30. The van der Waals surface area contributed by atoms with E-state index in [0.717, 1.165) is 24.0 Å². The SMILES string of the molecule is O=C1C[C@@H](C(=O)NCCCn2cnc3ccccc32)c2ccc(F)cc2N1. The molecule has 0 bridgehead atoms. The number of nitrogens with zero attached hydrogens (tertiary/aromatic N) is 2. The Kier molecular flexibility index (Phi) is 4.58. The number of hydrogen-bond donors (Lipinski definition) is 2. The fourth-order valence-electron chi connectivity index (χ4n) is 3.44. The van der Waals surface area contributed by atoms with Crippen molar-refractivity contribution in [2.75, 3.05) is 11.9 Å². The van der Waals surface area contributed by atoms with Gasteiger partial charge in [-0.1, -0.05) is 18.2 Å². The summed E-state index contributed by atoms with van der Waals surface area (Å²) in [7, 11) is 0. The molecule has 0 fully saturated rings. The number of nitrogens with one attached hydrogen (secondary N) is 2. The summed E-state index contributed by atoms with van der Waals surface area (Å²) in [5.74, 6) is -1.53. The number of aromatic nitrogens is 2. The van der Waals surface area contributed by atoms with E-state index in [9.17, 15) is 14.0 Å². The van der Waals surface area contributed by atoms with Gasteiger partial charge in [0.25, 0.3) is 0 Å². The number of amides is 2. The Hall–Kier alpha value is -3.22. The first-order chi connectivity index (χ1) is 13.1. The summed E-state index contributed by atoms with van der Waals surface area (Å²) in [6.07, 6.45) is 2.60. The van der Waals surface area contributed by atoms with Crippen LogP contribution in [0.25, 0.3) is 11.0 Å². The van der Waals surface area contributed by atoms with Crippen molar-refractivity contribution < 1.29 is 14.0 Å². The third kappa shape index (κ3) is 3.53. The molecular weight excluding hydrogens is 347 g/mol. The lowest BCUT2D eigenvalue weighted by atomic mass is 9.89. The number of carbonyl (C=O) groups excluding carboxylic acids is 2. The molecule has 0 saturated carbocycles. The predicted octanol–water partition coefficient (Wildman–Crippen LogP) is 2.81. The molecule has 2 aromatic carbocycles. The topological polar surface area (TPSA) is 76.0 Å². The predicted molar refractivity (Wildman–Crippen MR) is 99.7 cm³/mol. The van der Waals surface area contributed by atoms with E-state index in [1.807, 2.05) is 28.8 Å². The fraction of sp³-hybridized carbons (Fsp3) is 0.250. The molecule has 1 aromatic heterocycles. The van der Waals surface area contributed by atoms with Crippen LogP contribution in [0.1, 0.15) is 24.3 Å². The highest BCUT2D eigenvalue weighted by molar-refractivity contribution is 6.01. The van der Waals surface area contributed by atoms with E-state index in [-0.39, 0.29) is 18.2 Å². The van der Waals surface area contributed by atoms with E-state index in [2.05, 4.69) is 15.6 Å². The number of imidazole rings is 1. The van der Waals surface area contributed by atoms with Gasteiger partial charge in [-0.25, -0.2) is 9.37 Å². The molecule has 0 aliphatic carbocycles. The zero-order valence-electron chi connectivity index (χ0n) is 14.6. The maximum absolute atomic E-state index is 13.4. The molecule has 138 valence electrons. The van der Waals surface area contributed by atoms with Crippen LogP contribution in [0.5, 0.6) is 0 Å². The van der Waals surface area contributed by atoms with Crippen molar-refractivity contribution in [1.29, 1.82) is 0 Å². The van der Waals surface area contributed by atoms with E-state index >= 15 is 0 Å². The van der Waals surface area contributed by atoms with Crippen molar-refractivity contribution in [3.8, 4) is 0 Å². The third-order valence-corrected chi connectivity index (χ3v) is 4.77. The molecule has 0 saturated heterocycles. The van der Waals surface area contributed by atoms with Crippen molar-refractivity contribution in [2.45, 2.75) is 25.3 Å². The van der Waals surface area contributed by atoms with Crippen LogP contribution in [0, 0.1) is 5.82 Å². The second-order valence-corrected chi connectivity index (χ2v) is 6.61. The van der Waals surface area contributed by atoms with E-state index in [1.165, 1.54) is 12.1 Å². The number of benzene rings is 2. The minimum atomic E-state index is -0.594. The molecule has 4 rings (SSSR count). The van der Waals surface area contributed by atoms with Gasteiger partial charge in [-0.2, -0.15) is 0 Å². The van der Waals surface area contributed by atoms with Crippen molar-refractivity contribution in [1.82, 2.24) is 14.9 Å². The van der Waals surface area contributed by atoms with E-state index < -0.39 is 11.7 Å². The van der Waals surface area contributed by atoms with Gasteiger partial charge >= 0.3 is 0 Å². The molecule has 2 N–H and O–H groups in total. The highest BCUT2D eigenvalue weighted by Crippen LogP contribution is 2.32. The summed E-state index contributed by atoms with van der Waals surface area (Å²) < 4.78 is 15.4. The monoisotopic (exact) mass is 366 g/mol. The fourth-order valence-corrected chi connectivity index (χ4v) is 3.44. The average molecular weight is 366 g/mol. The Morgan fingerprint density at radius 1 is 1.30 bits per heavy atom. The maximum Gasteiger partial charge on any atom is 0.228 e. The van der Waals surface area contributed by atoms with Gasteiger partial charge < -0.3 is 15.2 Å². The molecule has 1 aliphatic heterocycles. The number of halogens is 1. The normalized spacial score (nSPS) is 16.0. The van der Waals surface area contributed by atoms with Crippen LogP contribution in [-0.2, 0) is 16.1 Å². The molecule has 27 heavy (non-hydrogen) atoms. The molecule has 0 spiro atoms. The van der Waals surface area contributed by atoms with Crippen LogP contribution >= 0.6 is 0 Å². The van der Waals surface area contributed by atoms with Crippen molar-refractivity contribution in [3.63, 3.8) is 0 Å². The minimum Gasteiger partial charge on any atom is -0.355 e. The van der Waals surface area contributed by atoms with Gasteiger partial charge in [0.2, 0.25) is 11.8 Å². The molecule has 7 heteroatoms. The zero-order chi connectivity index (χ0) is 18.8. The summed E-state index contributed by atoms with van der Waals surface area (Å²) in [4.78, 5) is 28.7. The standard InChI is InChI=1S/C20H19FN4O2/c21-13-6-7-14-15(11-19(26)24-17(14)10-13)20(27)22-8-3-9-25-12-23-16-4-1-2-5-18(16)25/h1-2,4-7,10,12,15H,3,8-9,11H2,(H,22,27)(H,24,26)/t15-/m1/s1. The first-order valence-corrected chi connectivity index (χ1v) is 8.89. The number of rotatable bonds is 5. The number of hydrogen-bond acceptors (Lipinski definition) is 3. The largest absolute Gasteiger partial charge is 0.355 e. The van der Waals surface area contributed by atoms with Crippen LogP contribution in [-0.4, -0.2) is 27.9 Å². The lowest BCUT2D eigenvalue weighted by Gasteiger charge is -2.24. The molecule has 1 atom stereocenters. The number of anilines is 1. The molecular formula is C20H19FN4O2. The van der Waals surface area contributed by atoms with E-state index in [0.29, 0.717) is 17.8 Å². The quantitative estimate of drug-likeness (QED) is 0.682. The van der Waals surface area contributed by atoms with Crippen molar-refractivity contribution in [2.24, 2.45) is 0 Å². The Balaban J connectivity index is 1.37. The number of para-hydroxylation sites is 2. The van der Waals surface area contributed by atoms with Gasteiger partial charge in [-0.3, -0.25) is 9.59 Å². The van der Waals surface area contributed by atoms with Gasteiger partial charge in [0.05, 0.1) is 23.3 Å². The molecule has 3 aromatic rings. The lowest BCUT2D eigenvalue weighted by molar-refractivity contribution is -0.126. The first kappa shape index (κ1) is 17.2. The lowest BCUT2D eigenvalue weighted by Crippen LogP contribution is -2.35. The van der Waals surface area contributed by atoms with E-state index in [1.54, 1.807) is 12.4 Å². The second-order valence-electron chi connectivity index (χ2n) is 6.61. The van der Waals surface area contributed by atoms with Crippen molar-refractivity contribution in [3.05, 3.63) is 60.2 Å². The van der Waals surface area contributed by atoms with Gasteiger partial charge in [0.1, 0.15) is 5.82 Å². The van der Waals surface area contributed by atoms with Crippen molar-refractivity contribution >= 4 is 28.5 Å². The Labute approximate surface area is 155 Å². The van der Waals surface area contributed by atoms with Gasteiger partial charge in [-0.05, 0) is 36.2 Å². The van der Waals surface area contributed by atoms with Crippen LogP contribution in [0.4, 0.5) is 10.1 Å². The third-order valence-electron chi connectivity index (χ3n) is 4.77. The van der Waals surface area contributed by atoms with Gasteiger partial charge in [0, 0.05) is 25.2 Å². The number of fused-ring (bicyclic) bond motifs is 2. The molecule has 2 heterocycles. The molecule has 1 aliphatic rings. The number of carbonyl (C=O) groups is 2. The molecule has 0 radical (unpaired) electrons. The zero-order valence-corrected chi connectivity index (χ0v) is 14.6. The van der Waals surface area contributed by atoms with Crippen LogP contribution in [0.3, 0.4) is 0 Å². The second kappa shape index (κ2) is 7.19. The average Bonchev–Trinajstić information content (AvgIpc) is 3.07. The summed E-state index contributed by atoms with van der Waals surface area (Å²) in [6.45, 7) is 1.22. The maximum atomic E-state index is 13.4. The summed E-state index contributed by atoms with van der Waals surface area (Å²) in [5, 5.41) is 5.51. The summed E-state index contributed by atoms with van der Waals surface area (Å²) in [6, 6.07) is 12.0. The highest BCUT2D eigenvalue weighted by atomic mass is 19.1. The van der Waals surface area contributed by atoms with Gasteiger partial charge in [0.15, 0.2) is 0 Å². The minimum absolute atomic E-state index is 0.0661. The molecule has 2 amide bonds. The van der Waals surface area contributed by atoms with Crippen LogP contribution < -0.4 is 10.6 Å². The summed E-state index contributed by atoms with van der Waals surface area (Å²) in [5.41, 5.74) is 3.02. The van der Waals surface area contributed by atoms with Gasteiger partial charge in [-0.15, -0.1) is 0 Å². The first-order valence-electron chi connectivity index (χ1n) is 8.89. The van der Waals surface area contributed by atoms with Crippen LogP contribution in [0.15, 0.2) is 48.8 Å². The number of aryl methyl sites for hydroxylation is 1. The van der Waals surface area contributed by atoms with E-state index in [4.69, 9.17) is 0 Å². The molecule has 6 nitrogen and oxygen atoms in total. The Bertz CT molecular complexity index is 1010. The smallest absolute Gasteiger partial charge is 0.228 e.